The minimum Gasteiger partial charge on any atom is -0.486 e. The lowest BCUT2D eigenvalue weighted by Gasteiger charge is -2.12. The molecule has 1 aliphatic heterocycles. The smallest absolute Gasteiger partial charge is 0.416 e. The first-order valence-electron chi connectivity index (χ1n) is 7.56. The average molecular weight is 356 g/mol. The number of carbonyl (C=O) groups excluding carboxylic acids is 1. The molecule has 0 bridgehead atoms. The summed E-state index contributed by atoms with van der Waals surface area (Å²) in [6.07, 6.45) is -4.49. The zero-order valence-corrected chi connectivity index (χ0v) is 13.0. The molecule has 3 rings (SSSR count). The molecule has 25 heavy (non-hydrogen) atoms. The molecule has 6 nitrogen and oxygen atoms in total. The summed E-state index contributed by atoms with van der Waals surface area (Å²) >= 11 is 0. The van der Waals surface area contributed by atoms with Crippen LogP contribution in [0.1, 0.15) is 28.2 Å². The molecule has 0 saturated carbocycles. The Hall–Kier alpha value is -2.55. The standard InChI is InChI=1S/C16H15F3N2O4/c17-16(18,19)10-2-1-3-12(6-10)24-9-13-7-14(20-25-13)15(23)21-5-4-11(22)8-21/h1-3,6-7,11,22H,4-5,8-9H2/t11-/m0/s1. The number of amides is 1. The lowest BCUT2D eigenvalue weighted by atomic mass is 10.2. The third-order valence-corrected chi connectivity index (χ3v) is 3.77. The summed E-state index contributed by atoms with van der Waals surface area (Å²) in [5, 5.41) is 13.1. The molecule has 9 heteroatoms. The lowest BCUT2D eigenvalue weighted by Crippen LogP contribution is -2.29. The fraction of sp³-hybridized carbons (Fsp3) is 0.375. The highest BCUT2D eigenvalue weighted by atomic mass is 19.4. The normalized spacial score (nSPS) is 17.8. The van der Waals surface area contributed by atoms with E-state index in [-0.39, 0.29) is 36.3 Å². The molecule has 1 saturated heterocycles. The van der Waals surface area contributed by atoms with Crippen LogP contribution in [0.25, 0.3) is 0 Å². The molecule has 2 heterocycles. The molecule has 134 valence electrons. The van der Waals surface area contributed by atoms with Crippen LogP contribution >= 0.6 is 0 Å². The Bertz CT molecular complexity index is 760. The van der Waals surface area contributed by atoms with Gasteiger partial charge in [-0.2, -0.15) is 13.2 Å². The van der Waals surface area contributed by atoms with Gasteiger partial charge in [-0.05, 0) is 24.6 Å². The second-order valence-corrected chi connectivity index (χ2v) is 5.69. The molecule has 1 aliphatic rings. The number of benzene rings is 1. The van der Waals surface area contributed by atoms with Gasteiger partial charge < -0.3 is 19.3 Å². The Balaban J connectivity index is 1.61. The minimum atomic E-state index is -4.45. The van der Waals surface area contributed by atoms with Gasteiger partial charge in [0, 0.05) is 19.2 Å². The number of ether oxygens (including phenoxy) is 1. The zero-order chi connectivity index (χ0) is 18.0. The van der Waals surface area contributed by atoms with E-state index in [1.807, 2.05) is 0 Å². The van der Waals surface area contributed by atoms with Crippen molar-refractivity contribution in [1.82, 2.24) is 10.1 Å². The van der Waals surface area contributed by atoms with Gasteiger partial charge >= 0.3 is 6.18 Å². The van der Waals surface area contributed by atoms with E-state index in [9.17, 15) is 23.1 Å². The van der Waals surface area contributed by atoms with Crippen LogP contribution in [0.3, 0.4) is 0 Å². The Labute approximate surface area is 140 Å². The molecule has 1 atom stereocenters. The first-order valence-corrected chi connectivity index (χ1v) is 7.56. The third kappa shape index (κ3) is 4.11. The molecular formula is C16H15F3N2O4. The van der Waals surface area contributed by atoms with Crippen molar-refractivity contribution < 1.29 is 32.3 Å². The maximum absolute atomic E-state index is 12.7. The van der Waals surface area contributed by atoms with Crippen molar-refractivity contribution in [1.29, 1.82) is 0 Å². The van der Waals surface area contributed by atoms with E-state index in [2.05, 4.69) is 5.16 Å². The number of halogens is 3. The number of aliphatic hydroxyl groups is 1. The van der Waals surface area contributed by atoms with Gasteiger partial charge in [0.25, 0.3) is 5.91 Å². The number of β-amino-alcohol motifs (C(OH)–C–C–N with tert-alkyl or cyclic N) is 1. The maximum atomic E-state index is 12.7. The fourth-order valence-corrected chi connectivity index (χ4v) is 2.49. The molecule has 1 amide bonds. The predicted octanol–water partition coefficient (Wildman–Crippen LogP) is 2.48. The number of hydrogen-bond acceptors (Lipinski definition) is 5. The van der Waals surface area contributed by atoms with Crippen molar-refractivity contribution >= 4 is 5.91 Å². The minimum absolute atomic E-state index is 0.0294. The first kappa shape index (κ1) is 17.3. The van der Waals surface area contributed by atoms with E-state index in [0.717, 1.165) is 12.1 Å². The summed E-state index contributed by atoms with van der Waals surface area (Å²) in [5.74, 6) is -0.132. The van der Waals surface area contributed by atoms with E-state index in [0.29, 0.717) is 13.0 Å². The van der Waals surface area contributed by atoms with Gasteiger partial charge in [-0.25, -0.2) is 0 Å². The molecule has 0 radical (unpaired) electrons. The molecule has 0 spiro atoms. The monoisotopic (exact) mass is 356 g/mol. The molecule has 1 fully saturated rings. The highest BCUT2D eigenvalue weighted by molar-refractivity contribution is 5.92. The molecular weight excluding hydrogens is 341 g/mol. The van der Waals surface area contributed by atoms with Crippen molar-refractivity contribution in [2.24, 2.45) is 0 Å². The van der Waals surface area contributed by atoms with Crippen LogP contribution in [-0.2, 0) is 12.8 Å². The molecule has 0 unspecified atom stereocenters. The molecule has 1 aromatic heterocycles. The predicted molar refractivity (Wildman–Crippen MR) is 78.8 cm³/mol. The summed E-state index contributed by atoms with van der Waals surface area (Å²) in [6, 6.07) is 5.84. The van der Waals surface area contributed by atoms with E-state index in [1.54, 1.807) is 0 Å². The van der Waals surface area contributed by atoms with E-state index >= 15 is 0 Å². The van der Waals surface area contributed by atoms with Gasteiger partial charge in [0.15, 0.2) is 11.5 Å². The van der Waals surface area contributed by atoms with Crippen molar-refractivity contribution in [2.75, 3.05) is 13.1 Å². The Morgan fingerprint density at radius 2 is 2.20 bits per heavy atom. The highest BCUT2D eigenvalue weighted by Crippen LogP contribution is 2.31. The summed E-state index contributed by atoms with van der Waals surface area (Å²) < 4.78 is 48.2. The molecule has 0 aliphatic carbocycles. The number of nitrogens with zero attached hydrogens (tertiary/aromatic N) is 2. The SMILES string of the molecule is O=C(c1cc(COc2cccc(C(F)(F)F)c2)on1)N1CC[C@H](O)C1. The van der Waals surface area contributed by atoms with Crippen LogP contribution in [0.5, 0.6) is 5.75 Å². The summed E-state index contributed by atoms with van der Waals surface area (Å²) in [6.45, 7) is 0.509. The average Bonchev–Trinajstić information content (AvgIpc) is 3.21. The van der Waals surface area contributed by atoms with Gasteiger partial charge in [0.05, 0.1) is 11.7 Å². The number of alkyl halides is 3. The zero-order valence-electron chi connectivity index (χ0n) is 13.0. The summed E-state index contributed by atoms with van der Waals surface area (Å²) in [7, 11) is 0. The summed E-state index contributed by atoms with van der Waals surface area (Å²) in [5.41, 5.74) is -0.747. The van der Waals surface area contributed by atoms with Crippen molar-refractivity contribution in [3.63, 3.8) is 0 Å². The Kier molecular flexibility index (Phi) is 4.67. The number of aromatic nitrogens is 1. The number of rotatable bonds is 4. The van der Waals surface area contributed by atoms with Crippen molar-refractivity contribution in [2.45, 2.75) is 25.3 Å². The van der Waals surface area contributed by atoms with Gasteiger partial charge in [-0.1, -0.05) is 11.2 Å². The van der Waals surface area contributed by atoms with Gasteiger partial charge in [-0.15, -0.1) is 0 Å². The van der Waals surface area contributed by atoms with Crippen molar-refractivity contribution in [3.05, 3.63) is 47.3 Å². The number of aliphatic hydroxyl groups excluding tert-OH is 1. The topological polar surface area (TPSA) is 75.8 Å². The van der Waals surface area contributed by atoms with Gasteiger partial charge in [0.2, 0.25) is 0 Å². The molecule has 1 aromatic carbocycles. The highest BCUT2D eigenvalue weighted by Gasteiger charge is 2.31. The second-order valence-electron chi connectivity index (χ2n) is 5.69. The second kappa shape index (κ2) is 6.75. The van der Waals surface area contributed by atoms with Crippen molar-refractivity contribution in [3.8, 4) is 5.75 Å². The van der Waals surface area contributed by atoms with E-state index < -0.39 is 17.8 Å². The van der Waals surface area contributed by atoms with Crippen LogP contribution in [0.4, 0.5) is 13.2 Å². The fourth-order valence-electron chi connectivity index (χ4n) is 2.49. The van der Waals surface area contributed by atoms with E-state index in [4.69, 9.17) is 9.26 Å². The van der Waals surface area contributed by atoms with Crippen LogP contribution in [0.2, 0.25) is 0 Å². The first-order chi connectivity index (χ1) is 11.8. The molecule has 1 N–H and O–H groups in total. The largest absolute Gasteiger partial charge is 0.486 e. The Morgan fingerprint density at radius 1 is 1.40 bits per heavy atom. The maximum Gasteiger partial charge on any atom is 0.416 e. The van der Waals surface area contributed by atoms with Gasteiger partial charge in [0.1, 0.15) is 12.4 Å². The Morgan fingerprint density at radius 3 is 2.88 bits per heavy atom. The molecule has 2 aromatic rings. The van der Waals surface area contributed by atoms with Crippen LogP contribution in [0.15, 0.2) is 34.9 Å². The number of likely N-dealkylation sites (tertiary alicyclic amines) is 1. The van der Waals surface area contributed by atoms with Gasteiger partial charge in [-0.3, -0.25) is 4.79 Å². The van der Waals surface area contributed by atoms with Crippen LogP contribution < -0.4 is 4.74 Å². The quantitative estimate of drug-likeness (QED) is 0.911. The lowest BCUT2D eigenvalue weighted by molar-refractivity contribution is -0.137. The van der Waals surface area contributed by atoms with E-state index in [1.165, 1.54) is 23.1 Å². The van der Waals surface area contributed by atoms with Crippen LogP contribution in [0, 0.1) is 0 Å². The number of carbonyl (C=O) groups is 1. The summed E-state index contributed by atoms with van der Waals surface area (Å²) in [4.78, 5) is 13.6. The number of hydrogen-bond donors (Lipinski definition) is 1. The van der Waals surface area contributed by atoms with Crippen LogP contribution in [-0.4, -0.2) is 40.3 Å². The third-order valence-electron chi connectivity index (χ3n) is 3.77.